The van der Waals surface area contributed by atoms with Crippen molar-refractivity contribution < 1.29 is 4.42 Å². The number of fused-ring (bicyclic) bond motifs is 15. The molecule has 0 atom stereocenters. The Labute approximate surface area is 343 Å². The fraction of sp³-hybridized carbons (Fsp3) is 0. The van der Waals surface area contributed by atoms with E-state index in [0.29, 0.717) is 0 Å². The van der Waals surface area contributed by atoms with Crippen molar-refractivity contribution in [2.75, 3.05) is 4.90 Å². The van der Waals surface area contributed by atoms with Crippen LogP contribution < -0.4 is 4.90 Å². The summed E-state index contributed by atoms with van der Waals surface area (Å²) in [7, 11) is 0. The molecular formula is C56H33N3O. The summed E-state index contributed by atoms with van der Waals surface area (Å²) < 4.78 is 11.5. The van der Waals surface area contributed by atoms with Crippen LogP contribution in [0.5, 0.6) is 0 Å². The highest BCUT2D eigenvalue weighted by Gasteiger charge is 2.23. The van der Waals surface area contributed by atoms with Gasteiger partial charge in [-0.15, -0.1) is 0 Å². The van der Waals surface area contributed by atoms with Crippen molar-refractivity contribution in [2.24, 2.45) is 0 Å². The Hall–Kier alpha value is -8.08. The minimum Gasteiger partial charge on any atom is -0.456 e. The van der Waals surface area contributed by atoms with Gasteiger partial charge < -0.3 is 18.1 Å². The number of benzene rings is 10. The molecule has 0 radical (unpaired) electrons. The zero-order valence-electron chi connectivity index (χ0n) is 32.3. The number of hydrogen-bond donors (Lipinski definition) is 0. The van der Waals surface area contributed by atoms with Crippen molar-refractivity contribution in [2.45, 2.75) is 0 Å². The van der Waals surface area contributed by atoms with Crippen molar-refractivity contribution in [3.63, 3.8) is 0 Å². The van der Waals surface area contributed by atoms with E-state index in [1.54, 1.807) is 0 Å². The Kier molecular flexibility index (Phi) is 6.26. The molecule has 4 heterocycles. The maximum atomic E-state index is 6.50. The predicted molar refractivity (Wildman–Crippen MR) is 252 cm³/mol. The van der Waals surface area contributed by atoms with Gasteiger partial charge in [0, 0.05) is 55.4 Å². The average molecular weight is 764 g/mol. The van der Waals surface area contributed by atoms with E-state index in [1.165, 1.54) is 76.3 Å². The molecule has 14 aromatic rings. The zero-order chi connectivity index (χ0) is 39.1. The van der Waals surface area contributed by atoms with Gasteiger partial charge in [-0.1, -0.05) is 127 Å². The summed E-state index contributed by atoms with van der Waals surface area (Å²) in [5, 5.41) is 12.3. The Morgan fingerprint density at radius 2 is 0.850 bits per heavy atom. The van der Waals surface area contributed by atoms with E-state index in [2.05, 4.69) is 202 Å². The fourth-order valence-corrected chi connectivity index (χ4v) is 10.4. The van der Waals surface area contributed by atoms with Crippen LogP contribution in [0.25, 0.3) is 109 Å². The quantitative estimate of drug-likeness (QED) is 0.132. The molecule has 60 heavy (non-hydrogen) atoms. The molecule has 4 heteroatoms. The Morgan fingerprint density at radius 3 is 1.60 bits per heavy atom. The minimum atomic E-state index is 0.865. The van der Waals surface area contributed by atoms with Gasteiger partial charge in [-0.25, -0.2) is 0 Å². The molecule has 14 rings (SSSR count). The lowest BCUT2D eigenvalue weighted by molar-refractivity contribution is 0.669. The highest BCUT2D eigenvalue weighted by molar-refractivity contribution is 6.25. The Bertz CT molecular complexity index is 4070. The summed E-state index contributed by atoms with van der Waals surface area (Å²) >= 11 is 0. The standard InChI is InChI=1S/C56H33N3O/c1-2-12-39-35(11-1)31-48(41-14-4-3-13-40(39)41)34-21-23-36(24-22-34)57(38-25-27-45-44-17-7-10-20-53(44)60-54(45)33-38)37-26-30-51-52(32-37)59-50-19-9-6-16-43(50)47-29-28-46-42-15-5-8-18-49(42)58(51)55(46)56(47)59/h1-33H. The Morgan fingerprint density at radius 1 is 0.317 bits per heavy atom. The molecule has 0 N–H and O–H groups in total. The lowest BCUT2D eigenvalue weighted by Crippen LogP contribution is -2.10. The van der Waals surface area contributed by atoms with E-state index in [0.717, 1.165) is 50.0 Å². The van der Waals surface area contributed by atoms with E-state index >= 15 is 0 Å². The van der Waals surface area contributed by atoms with Crippen LogP contribution in [-0.4, -0.2) is 8.80 Å². The van der Waals surface area contributed by atoms with Crippen LogP contribution in [0.2, 0.25) is 0 Å². The molecule has 0 aliphatic carbocycles. The van der Waals surface area contributed by atoms with Crippen LogP contribution >= 0.6 is 0 Å². The molecule has 0 bridgehead atoms. The predicted octanol–water partition coefficient (Wildman–Crippen LogP) is 15.6. The van der Waals surface area contributed by atoms with Gasteiger partial charge in [0.2, 0.25) is 0 Å². The van der Waals surface area contributed by atoms with E-state index in [4.69, 9.17) is 4.42 Å². The van der Waals surface area contributed by atoms with Crippen LogP contribution in [0.15, 0.2) is 205 Å². The van der Waals surface area contributed by atoms with Crippen molar-refractivity contribution in [1.29, 1.82) is 0 Å². The van der Waals surface area contributed by atoms with Gasteiger partial charge in [-0.05, 0) is 99.4 Å². The second-order valence-corrected chi connectivity index (χ2v) is 16.1. The second-order valence-electron chi connectivity index (χ2n) is 16.1. The largest absolute Gasteiger partial charge is 0.456 e. The summed E-state index contributed by atoms with van der Waals surface area (Å²) in [5.74, 6) is 0. The first-order valence-corrected chi connectivity index (χ1v) is 20.6. The fourth-order valence-electron chi connectivity index (χ4n) is 10.4. The monoisotopic (exact) mass is 763 g/mol. The smallest absolute Gasteiger partial charge is 0.137 e. The van der Waals surface area contributed by atoms with Crippen LogP contribution in [0.3, 0.4) is 0 Å². The van der Waals surface area contributed by atoms with Gasteiger partial charge in [-0.3, -0.25) is 0 Å². The van der Waals surface area contributed by atoms with Gasteiger partial charge in [0.15, 0.2) is 0 Å². The van der Waals surface area contributed by atoms with Gasteiger partial charge in [0.1, 0.15) is 11.2 Å². The molecule has 278 valence electrons. The van der Waals surface area contributed by atoms with Gasteiger partial charge in [-0.2, -0.15) is 0 Å². The first kappa shape index (κ1) is 31.9. The molecule has 0 amide bonds. The molecule has 0 fully saturated rings. The molecule has 0 saturated heterocycles. The summed E-state index contributed by atoms with van der Waals surface area (Å²) in [5.41, 5.74) is 14.6. The molecule has 4 nitrogen and oxygen atoms in total. The molecule has 0 saturated carbocycles. The summed E-state index contributed by atoms with van der Waals surface area (Å²) in [4.78, 5) is 2.38. The van der Waals surface area contributed by atoms with Crippen LogP contribution in [-0.2, 0) is 0 Å². The normalized spacial score (nSPS) is 12.3. The van der Waals surface area contributed by atoms with Gasteiger partial charge in [0.05, 0.1) is 33.1 Å². The zero-order valence-corrected chi connectivity index (χ0v) is 32.3. The topological polar surface area (TPSA) is 25.2 Å². The van der Waals surface area contributed by atoms with Crippen LogP contribution in [0.4, 0.5) is 17.1 Å². The van der Waals surface area contributed by atoms with Crippen molar-refractivity contribution >= 4 is 115 Å². The molecule has 0 spiro atoms. The summed E-state index contributed by atoms with van der Waals surface area (Å²) in [6, 6.07) is 73.1. The number of para-hydroxylation sites is 3. The first-order valence-electron chi connectivity index (χ1n) is 20.6. The average Bonchev–Trinajstić information content (AvgIpc) is 3.97. The third kappa shape index (κ3) is 4.24. The molecule has 4 aromatic heterocycles. The van der Waals surface area contributed by atoms with Crippen molar-refractivity contribution in [3.8, 4) is 11.1 Å². The lowest BCUT2D eigenvalue weighted by Gasteiger charge is -2.26. The van der Waals surface area contributed by atoms with Gasteiger partial charge in [0.25, 0.3) is 0 Å². The van der Waals surface area contributed by atoms with Crippen LogP contribution in [0, 0.1) is 0 Å². The molecular weight excluding hydrogens is 731 g/mol. The summed E-state index contributed by atoms with van der Waals surface area (Å²) in [6.45, 7) is 0. The second kappa shape index (κ2) is 11.8. The maximum absolute atomic E-state index is 6.50. The SMILES string of the molecule is c1ccc2c(c1)cc(-c1ccc(N(c3ccc4c(c3)oc3ccccc34)c3ccc4c(c3)n3c5ccccc5c5ccc6c7ccccc7n4c6c53)cc1)c1ccccc12. The number of rotatable bonds is 4. The molecule has 0 aliphatic heterocycles. The number of furan rings is 1. The number of nitrogens with zero attached hydrogens (tertiary/aromatic N) is 3. The van der Waals surface area contributed by atoms with Crippen molar-refractivity contribution in [1.82, 2.24) is 8.80 Å². The molecule has 0 aliphatic rings. The third-order valence-electron chi connectivity index (χ3n) is 13.0. The van der Waals surface area contributed by atoms with E-state index in [9.17, 15) is 0 Å². The highest BCUT2D eigenvalue weighted by Crippen LogP contribution is 2.45. The molecule has 10 aromatic carbocycles. The van der Waals surface area contributed by atoms with E-state index in [-0.39, 0.29) is 0 Å². The lowest BCUT2D eigenvalue weighted by atomic mass is 9.93. The van der Waals surface area contributed by atoms with Gasteiger partial charge >= 0.3 is 0 Å². The number of hydrogen-bond acceptors (Lipinski definition) is 2. The van der Waals surface area contributed by atoms with E-state index in [1.807, 2.05) is 12.1 Å². The van der Waals surface area contributed by atoms with Crippen molar-refractivity contribution in [3.05, 3.63) is 200 Å². The van der Waals surface area contributed by atoms with Crippen LogP contribution in [0.1, 0.15) is 0 Å². The summed E-state index contributed by atoms with van der Waals surface area (Å²) in [6.07, 6.45) is 0. The molecule has 0 unspecified atom stereocenters. The third-order valence-corrected chi connectivity index (χ3v) is 13.0. The maximum Gasteiger partial charge on any atom is 0.137 e. The number of anilines is 3. The van der Waals surface area contributed by atoms with E-state index < -0.39 is 0 Å². The number of aromatic nitrogens is 2. The minimum absolute atomic E-state index is 0.865. The first-order chi connectivity index (χ1) is 29.8. The highest BCUT2D eigenvalue weighted by atomic mass is 16.3. The Balaban J connectivity index is 1.04.